The second kappa shape index (κ2) is 10.1. The fourth-order valence-electron chi connectivity index (χ4n) is 7.38. The predicted molar refractivity (Wildman–Crippen MR) is 196 cm³/mol. The third-order valence-corrected chi connectivity index (χ3v) is 9.45. The summed E-state index contributed by atoms with van der Waals surface area (Å²) in [5.41, 5.74) is 8.87. The minimum atomic E-state index is 0.856. The van der Waals surface area contributed by atoms with Crippen LogP contribution in [0.4, 0.5) is 17.1 Å². The molecule has 0 spiro atoms. The summed E-state index contributed by atoms with van der Waals surface area (Å²) >= 11 is 0. The summed E-state index contributed by atoms with van der Waals surface area (Å²) in [6, 6.07) is 57.7. The van der Waals surface area contributed by atoms with Crippen molar-refractivity contribution < 1.29 is 8.83 Å². The third kappa shape index (κ3) is 3.87. The summed E-state index contributed by atoms with van der Waals surface area (Å²) in [6.07, 6.45) is 0. The van der Waals surface area contributed by atoms with Gasteiger partial charge in [0.2, 0.25) is 0 Å². The van der Waals surface area contributed by atoms with Gasteiger partial charge in [0.25, 0.3) is 0 Å². The number of para-hydroxylation sites is 3. The molecular formula is C44H27NO2. The Morgan fingerprint density at radius 3 is 1.81 bits per heavy atom. The lowest BCUT2D eigenvalue weighted by molar-refractivity contribution is 0.669. The molecule has 2 heterocycles. The summed E-state index contributed by atoms with van der Waals surface area (Å²) < 4.78 is 13.3. The average Bonchev–Trinajstić information content (AvgIpc) is 3.72. The highest BCUT2D eigenvalue weighted by Gasteiger charge is 2.24. The minimum Gasteiger partial charge on any atom is -0.455 e. The number of nitrogens with zero attached hydrogens (tertiary/aromatic N) is 1. The van der Waals surface area contributed by atoms with Gasteiger partial charge in [-0.1, -0.05) is 127 Å². The van der Waals surface area contributed by atoms with Crippen LogP contribution in [-0.4, -0.2) is 0 Å². The first-order valence-electron chi connectivity index (χ1n) is 15.9. The maximum Gasteiger partial charge on any atom is 0.159 e. The average molecular weight is 602 g/mol. The SMILES string of the molecule is c1ccc(N(c2cccc3ccccc23)c2cccc3c2oc2ccccc23)c(-c2cccc3oc4c5ccccc5ccc4c23)c1. The quantitative estimate of drug-likeness (QED) is 0.201. The number of hydrogen-bond donors (Lipinski definition) is 0. The van der Waals surface area contributed by atoms with Crippen LogP contribution >= 0.6 is 0 Å². The molecule has 47 heavy (non-hydrogen) atoms. The van der Waals surface area contributed by atoms with Gasteiger partial charge in [-0.25, -0.2) is 0 Å². The van der Waals surface area contributed by atoms with E-state index in [1.807, 2.05) is 12.1 Å². The standard InChI is InChI=1S/C44H27NO2/c1-3-15-30-28(12-1)14-9-22-37(30)45(39-23-10-20-35-33-18-6-8-24-40(33)46-44(35)39)38-21-7-5-17-32(38)34-19-11-25-41-42(34)36-27-26-29-13-2-4-16-31(29)43(36)47-41/h1-27H. The number of furan rings is 2. The molecule has 3 heteroatoms. The summed E-state index contributed by atoms with van der Waals surface area (Å²) in [6.45, 7) is 0. The van der Waals surface area contributed by atoms with Crippen molar-refractivity contribution in [2.75, 3.05) is 4.90 Å². The molecular weight excluding hydrogens is 574 g/mol. The Kier molecular flexibility index (Phi) is 5.57. The van der Waals surface area contributed by atoms with Gasteiger partial charge >= 0.3 is 0 Å². The van der Waals surface area contributed by atoms with Crippen molar-refractivity contribution in [2.24, 2.45) is 0 Å². The molecule has 0 atom stereocenters. The minimum absolute atomic E-state index is 0.856. The van der Waals surface area contributed by atoms with Crippen molar-refractivity contribution >= 4 is 82.5 Å². The molecule has 2 aromatic heterocycles. The highest BCUT2D eigenvalue weighted by atomic mass is 16.3. The summed E-state index contributed by atoms with van der Waals surface area (Å²) in [5.74, 6) is 0. The van der Waals surface area contributed by atoms with Gasteiger partial charge in [0.05, 0.1) is 17.1 Å². The molecule has 0 fully saturated rings. The summed E-state index contributed by atoms with van der Waals surface area (Å²) in [5, 5.41) is 9.06. The van der Waals surface area contributed by atoms with E-state index in [-0.39, 0.29) is 0 Å². The molecule has 220 valence electrons. The lowest BCUT2D eigenvalue weighted by Crippen LogP contribution is -2.12. The van der Waals surface area contributed by atoms with E-state index in [9.17, 15) is 0 Å². The van der Waals surface area contributed by atoms with E-state index in [1.54, 1.807) is 0 Å². The van der Waals surface area contributed by atoms with Crippen LogP contribution in [0.1, 0.15) is 0 Å². The van der Waals surface area contributed by atoms with Crippen molar-refractivity contribution in [3.8, 4) is 11.1 Å². The van der Waals surface area contributed by atoms with Crippen LogP contribution in [0, 0.1) is 0 Å². The molecule has 0 radical (unpaired) electrons. The predicted octanol–water partition coefficient (Wildman–Crippen LogP) is 12.9. The fourth-order valence-corrected chi connectivity index (χ4v) is 7.38. The zero-order valence-electron chi connectivity index (χ0n) is 25.4. The molecule has 0 aliphatic carbocycles. The second-order valence-corrected chi connectivity index (χ2v) is 12.0. The molecule has 10 aromatic rings. The van der Waals surface area contributed by atoms with Crippen molar-refractivity contribution in [3.05, 3.63) is 164 Å². The number of fused-ring (bicyclic) bond motifs is 9. The van der Waals surface area contributed by atoms with E-state index in [0.29, 0.717) is 0 Å². The van der Waals surface area contributed by atoms with Gasteiger partial charge < -0.3 is 13.7 Å². The van der Waals surface area contributed by atoms with Gasteiger partial charge in [-0.15, -0.1) is 0 Å². The zero-order valence-corrected chi connectivity index (χ0v) is 25.4. The Morgan fingerprint density at radius 2 is 0.894 bits per heavy atom. The first-order valence-corrected chi connectivity index (χ1v) is 15.9. The van der Waals surface area contributed by atoms with Gasteiger partial charge in [-0.05, 0) is 52.7 Å². The van der Waals surface area contributed by atoms with Crippen LogP contribution in [0.5, 0.6) is 0 Å². The topological polar surface area (TPSA) is 29.5 Å². The van der Waals surface area contributed by atoms with E-state index in [1.165, 1.54) is 10.8 Å². The molecule has 0 amide bonds. The molecule has 0 saturated carbocycles. The molecule has 8 aromatic carbocycles. The molecule has 0 unspecified atom stereocenters. The fraction of sp³-hybridized carbons (Fsp3) is 0. The van der Waals surface area contributed by atoms with Crippen LogP contribution in [0.15, 0.2) is 173 Å². The number of anilines is 3. The number of rotatable bonds is 4. The third-order valence-electron chi connectivity index (χ3n) is 9.45. The van der Waals surface area contributed by atoms with Crippen molar-refractivity contribution in [2.45, 2.75) is 0 Å². The number of benzene rings is 8. The van der Waals surface area contributed by atoms with Crippen LogP contribution in [-0.2, 0) is 0 Å². The first kappa shape index (κ1) is 26.0. The Bertz CT molecular complexity index is 2820. The summed E-state index contributed by atoms with van der Waals surface area (Å²) in [4.78, 5) is 2.37. The van der Waals surface area contributed by atoms with Crippen LogP contribution in [0.2, 0.25) is 0 Å². The Hall–Kier alpha value is -6.32. The van der Waals surface area contributed by atoms with Gasteiger partial charge in [0.15, 0.2) is 5.58 Å². The van der Waals surface area contributed by atoms with E-state index < -0.39 is 0 Å². The largest absolute Gasteiger partial charge is 0.455 e. The smallest absolute Gasteiger partial charge is 0.159 e. The second-order valence-electron chi connectivity index (χ2n) is 12.0. The number of hydrogen-bond acceptors (Lipinski definition) is 3. The van der Waals surface area contributed by atoms with Crippen LogP contribution in [0.3, 0.4) is 0 Å². The van der Waals surface area contributed by atoms with Gasteiger partial charge in [-0.2, -0.15) is 0 Å². The summed E-state index contributed by atoms with van der Waals surface area (Å²) in [7, 11) is 0. The zero-order chi connectivity index (χ0) is 30.9. The molecule has 0 bridgehead atoms. The van der Waals surface area contributed by atoms with Gasteiger partial charge in [0, 0.05) is 37.9 Å². The van der Waals surface area contributed by atoms with E-state index >= 15 is 0 Å². The molecule has 0 aliphatic heterocycles. The van der Waals surface area contributed by atoms with Crippen LogP contribution in [0.25, 0.3) is 76.5 Å². The van der Waals surface area contributed by atoms with Crippen LogP contribution < -0.4 is 4.90 Å². The Labute approximate surface area is 270 Å². The molecule has 10 rings (SSSR count). The van der Waals surface area contributed by atoms with Crippen molar-refractivity contribution in [1.82, 2.24) is 0 Å². The Morgan fingerprint density at radius 1 is 0.319 bits per heavy atom. The molecule has 0 aliphatic rings. The lowest BCUT2D eigenvalue weighted by atomic mass is 9.95. The monoisotopic (exact) mass is 601 g/mol. The van der Waals surface area contributed by atoms with Crippen molar-refractivity contribution in [3.63, 3.8) is 0 Å². The molecule has 3 nitrogen and oxygen atoms in total. The van der Waals surface area contributed by atoms with Gasteiger partial charge in [0.1, 0.15) is 16.7 Å². The van der Waals surface area contributed by atoms with Gasteiger partial charge in [-0.3, -0.25) is 0 Å². The lowest BCUT2D eigenvalue weighted by Gasteiger charge is -2.29. The van der Waals surface area contributed by atoms with Crippen molar-refractivity contribution in [1.29, 1.82) is 0 Å². The molecule has 0 saturated heterocycles. The first-order chi connectivity index (χ1) is 23.3. The normalized spacial score (nSPS) is 11.8. The molecule has 0 N–H and O–H groups in total. The Balaban J connectivity index is 1.30. The van der Waals surface area contributed by atoms with E-state index in [4.69, 9.17) is 8.83 Å². The maximum atomic E-state index is 6.66. The van der Waals surface area contributed by atoms with E-state index in [2.05, 4.69) is 157 Å². The highest BCUT2D eigenvalue weighted by molar-refractivity contribution is 6.20. The maximum absolute atomic E-state index is 6.66. The highest BCUT2D eigenvalue weighted by Crippen LogP contribution is 2.49. The van der Waals surface area contributed by atoms with E-state index in [0.717, 1.165) is 82.8 Å².